The largest absolute Gasteiger partial charge is 0.445 e. The molecule has 2 aromatic rings. The first-order valence-electron chi connectivity index (χ1n) is 10.1. The van der Waals surface area contributed by atoms with E-state index >= 15 is 0 Å². The standard InChI is InChI=1S/C19H15F6N5O4S2/c20-18(21,22)11-3-1-2-4-12(11)36(32,33)10-7-13(34-16(31)27-17(9-26)5-6-17)30(8-10)15-29-28-14(35-15)19(23,24)25/h1-4,10,13H,5-8H2,(H,27,31)/t10-,13+/m1/s1. The van der Waals surface area contributed by atoms with Crippen molar-refractivity contribution in [1.82, 2.24) is 15.5 Å². The molecule has 9 nitrogen and oxygen atoms in total. The Labute approximate surface area is 203 Å². The Morgan fingerprint density at radius 1 is 1.17 bits per heavy atom. The van der Waals surface area contributed by atoms with Crippen LogP contribution in [-0.4, -0.2) is 48.3 Å². The number of nitrogens with zero attached hydrogens (tertiary/aromatic N) is 4. The Bertz CT molecular complexity index is 1320. The van der Waals surface area contributed by atoms with Crippen molar-refractivity contribution >= 4 is 32.4 Å². The topological polar surface area (TPSA) is 125 Å². The van der Waals surface area contributed by atoms with Gasteiger partial charge in [-0.2, -0.15) is 31.6 Å². The molecule has 1 aliphatic carbocycles. The molecule has 4 rings (SSSR count). The van der Waals surface area contributed by atoms with E-state index in [-0.39, 0.29) is 11.3 Å². The van der Waals surface area contributed by atoms with E-state index < -0.39 is 78.9 Å². The molecule has 1 saturated carbocycles. The molecule has 17 heteroatoms. The quantitative estimate of drug-likeness (QED) is 0.554. The van der Waals surface area contributed by atoms with Crippen molar-refractivity contribution in [3.05, 3.63) is 34.8 Å². The molecule has 2 fully saturated rings. The van der Waals surface area contributed by atoms with Gasteiger partial charge < -0.3 is 15.0 Å². The normalized spacial score (nSPS) is 21.6. The van der Waals surface area contributed by atoms with Crippen LogP contribution >= 0.6 is 11.3 Å². The van der Waals surface area contributed by atoms with Crippen LogP contribution < -0.4 is 10.2 Å². The minimum absolute atomic E-state index is 0.0536. The smallest absolute Gasteiger partial charge is 0.425 e. The van der Waals surface area contributed by atoms with Crippen molar-refractivity contribution in [3.63, 3.8) is 0 Å². The summed E-state index contributed by atoms with van der Waals surface area (Å²) in [5.41, 5.74) is -2.57. The molecule has 1 aliphatic heterocycles. The van der Waals surface area contributed by atoms with Gasteiger partial charge in [0.2, 0.25) is 10.1 Å². The van der Waals surface area contributed by atoms with Crippen LogP contribution in [0.1, 0.15) is 29.8 Å². The number of hydrogen-bond acceptors (Lipinski definition) is 9. The predicted molar refractivity (Wildman–Crippen MR) is 110 cm³/mol. The predicted octanol–water partition coefficient (Wildman–Crippen LogP) is 3.74. The van der Waals surface area contributed by atoms with E-state index in [1.165, 1.54) is 0 Å². The van der Waals surface area contributed by atoms with Crippen LogP contribution in [0, 0.1) is 11.3 Å². The highest BCUT2D eigenvalue weighted by Gasteiger charge is 2.49. The molecule has 0 spiro atoms. The van der Waals surface area contributed by atoms with Crippen molar-refractivity contribution in [2.45, 2.75) is 53.5 Å². The number of amides is 1. The molecule has 0 unspecified atom stereocenters. The number of nitriles is 1. The molecule has 2 aliphatic rings. The zero-order chi connectivity index (χ0) is 26.5. The van der Waals surface area contributed by atoms with Gasteiger partial charge in [0.05, 0.1) is 21.8 Å². The molecule has 1 aromatic heterocycles. The summed E-state index contributed by atoms with van der Waals surface area (Å²) in [6.45, 7) is -0.623. The average Bonchev–Trinajstić information content (AvgIpc) is 3.18. The van der Waals surface area contributed by atoms with E-state index in [0.29, 0.717) is 18.9 Å². The third kappa shape index (κ3) is 5.05. The Balaban J connectivity index is 1.66. The van der Waals surface area contributed by atoms with Crippen molar-refractivity contribution in [2.24, 2.45) is 0 Å². The van der Waals surface area contributed by atoms with Gasteiger partial charge in [-0.15, -0.1) is 10.2 Å². The van der Waals surface area contributed by atoms with Crippen LogP contribution in [0.15, 0.2) is 29.2 Å². The molecular formula is C19H15F6N5O4S2. The summed E-state index contributed by atoms with van der Waals surface area (Å²) in [5.74, 6) is 0. The van der Waals surface area contributed by atoms with Gasteiger partial charge >= 0.3 is 18.4 Å². The number of carbonyl (C=O) groups excluding carboxylic acids is 1. The fourth-order valence-corrected chi connectivity index (χ4v) is 6.27. The van der Waals surface area contributed by atoms with E-state index in [9.17, 15) is 39.6 Å². The third-order valence-electron chi connectivity index (χ3n) is 5.60. The van der Waals surface area contributed by atoms with Gasteiger partial charge in [0.25, 0.3) is 0 Å². The molecule has 1 aromatic carbocycles. The summed E-state index contributed by atoms with van der Waals surface area (Å²) in [4.78, 5) is 12.3. The lowest BCUT2D eigenvalue weighted by molar-refractivity contribution is -0.140. The number of alkyl halides is 6. The zero-order valence-electron chi connectivity index (χ0n) is 17.8. The number of rotatable bonds is 5. The average molecular weight is 555 g/mol. The van der Waals surface area contributed by atoms with Crippen LogP contribution in [0.4, 0.5) is 36.3 Å². The van der Waals surface area contributed by atoms with E-state index in [1.807, 2.05) is 6.07 Å². The lowest BCUT2D eigenvalue weighted by Crippen LogP contribution is -2.41. The minimum Gasteiger partial charge on any atom is -0.425 e. The molecule has 1 amide bonds. The first kappa shape index (κ1) is 25.9. The number of nitrogens with one attached hydrogen (secondary N) is 1. The molecule has 1 N–H and O–H groups in total. The highest BCUT2D eigenvalue weighted by atomic mass is 32.2. The maximum Gasteiger partial charge on any atom is 0.445 e. The van der Waals surface area contributed by atoms with E-state index in [4.69, 9.17) is 10.00 Å². The first-order valence-corrected chi connectivity index (χ1v) is 12.5. The summed E-state index contributed by atoms with van der Waals surface area (Å²) < 4.78 is 111. The number of anilines is 1. The number of halogens is 6. The van der Waals surface area contributed by atoms with Gasteiger partial charge in [0.15, 0.2) is 16.1 Å². The Hall–Kier alpha value is -3.13. The monoisotopic (exact) mass is 555 g/mol. The van der Waals surface area contributed by atoms with Crippen molar-refractivity contribution < 1.29 is 44.3 Å². The van der Waals surface area contributed by atoms with E-state index in [1.54, 1.807) is 0 Å². The summed E-state index contributed by atoms with van der Waals surface area (Å²) in [5, 5.41) is 14.5. The SMILES string of the molecule is N#CC1(NC(=O)O[C@H]2C[C@@H](S(=O)(=O)c3ccccc3C(F)(F)F)CN2c2nnc(C(F)(F)F)s2)CC1. The Morgan fingerprint density at radius 3 is 2.39 bits per heavy atom. The van der Waals surface area contributed by atoms with Crippen LogP contribution in [0.2, 0.25) is 0 Å². The number of benzene rings is 1. The zero-order valence-corrected chi connectivity index (χ0v) is 19.4. The van der Waals surface area contributed by atoms with Gasteiger partial charge in [0.1, 0.15) is 5.54 Å². The third-order valence-corrected chi connectivity index (χ3v) is 8.79. The van der Waals surface area contributed by atoms with Crippen LogP contribution in [0.25, 0.3) is 0 Å². The minimum atomic E-state index is -4.99. The number of carbonyl (C=O) groups is 1. The van der Waals surface area contributed by atoms with Crippen molar-refractivity contribution in [1.29, 1.82) is 5.26 Å². The number of sulfone groups is 1. The van der Waals surface area contributed by atoms with Crippen molar-refractivity contribution in [3.8, 4) is 6.07 Å². The summed E-state index contributed by atoms with van der Waals surface area (Å²) in [6.07, 6.45) is -12.4. The second-order valence-electron chi connectivity index (χ2n) is 8.12. The van der Waals surface area contributed by atoms with Gasteiger partial charge in [0, 0.05) is 13.0 Å². The highest BCUT2D eigenvalue weighted by Crippen LogP contribution is 2.41. The molecule has 0 radical (unpaired) electrons. The van der Waals surface area contributed by atoms with Crippen LogP contribution in [0.3, 0.4) is 0 Å². The summed E-state index contributed by atoms with van der Waals surface area (Å²) >= 11 is 0.0536. The van der Waals surface area contributed by atoms with Crippen LogP contribution in [-0.2, 0) is 26.9 Å². The molecule has 36 heavy (non-hydrogen) atoms. The number of alkyl carbamates (subject to hydrolysis) is 1. The Morgan fingerprint density at radius 2 is 1.83 bits per heavy atom. The maximum absolute atomic E-state index is 13.5. The fraction of sp³-hybridized carbons (Fsp3) is 0.474. The van der Waals surface area contributed by atoms with Gasteiger partial charge in [-0.1, -0.05) is 23.5 Å². The lowest BCUT2D eigenvalue weighted by Gasteiger charge is -2.23. The van der Waals surface area contributed by atoms with Gasteiger partial charge in [-0.05, 0) is 25.0 Å². The number of aromatic nitrogens is 2. The molecular weight excluding hydrogens is 540 g/mol. The second-order valence-corrected chi connectivity index (χ2v) is 11.3. The molecule has 2 atom stereocenters. The fourth-order valence-electron chi connectivity index (χ4n) is 3.61. The second kappa shape index (κ2) is 8.76. The first-order chi connectivity index (χ1) is 16.7. The number of hydrogen-bond donors (Lipinski definition) is 1. The lowest BCUT2D eigenvalue weighted by atomic mass is 10.2. The van der Waals surface area contributed by atoms with Crippen molar-refractivity contribution in [2.75, 3.05) is 11.4 Å². The Kier molecular flexibility index (Phi) is 6.32. The maximum atomic E-state index is 13.5. The van der Waals surface area contributed by atoms with Crippen LogP contribution in [0.5, 0.6) is 0 Å². The highest BCUT2D eigenvalue weighted by molar-refractivity contribution is 7.92. The van der Waals surface area contributed by atoms with Gasteiger partial charge in [-0.25, -0.2) is 13.2 Å². The van der Waals surface area contributed by atoms with E-state index in [2.05, 4.69) is 15.5 Å². The molecule has 0 bridgehead atoms. The molecule has 1 saturated heterocycles. The van der Waals surface area contributed by atoms with Gasteiger partial charge in [-0.3, -0.25) is 0 Å². The molecule has 2 heterocycles. The summed E-state index contributed by atoms with van der Waals surface area (Å²) in [6, 6.07) is 5.37. The molecule has 194 valence electrons. The van der Waals surface area contributed by atoms with E-state index in [0.717, 1.165) is 23.1 Å². The number of ether oxygens (including phenoxy) is 1. The summed E-state index contributed by atoms with van der Waals surface area (Å²) in [7, 11) is -4.70.